The third-order valence-electron chi connectivity index (χ3n) is 9.55. The van der Waals surface area contributed by atoms with E-state index in [1.165, 1.54) is 11.1 Å². The fourth-order valence-electron chi connectivity index (χ4n) is 6.94. The summed E-state index contributed by atoms with van der Waals surface area (Å²) in [5.74, 6) is 1.88. The predicted octanol–water partition coefficient (Wildman–Crippen LogP) is 4.79. The van der Waals surface area contributed by atoms with Gasteiger partial charge in [0.1, 0.15) is 5.75 Å². The number of carbonyl (C=O) groups is 2. The van der Waals surface area contributed by atoms with Crippen molar-refractivity contribution in [2.75, 3.05) is 38.6 Å². The van der Waals surface area contributed by atoms with Gasteiger partial charge in [-0.2, -0.15) is 0 Å². The van der Waals surface area contributed by atoms with E-state index in [4.69, 9.17) is 4.74 Å². The molecule has 2 amide bonds. The number of rotatable bonds is 12. The maximum Gasteiger partial charge on any atom is 0.251 e. The molecule has 2 fully saturated rings. The van der Waals surface area contributed by atoms with Crippen LogP contribution in [0.2, 0.25) is 0 Å². The molecule has 1 aliphatic heterocycles. The number of carbonyl (C=O) groups excluding carboxylic acids is 2. The first-order valence-corrected chi connectivity index (χ1v) is 16.2. The lowest BCUT2D eigenvalue weighted by Gasteiger charge is -2.32. The van der Waals surface area contributed by atoms with Crippen LogP contribution in [0.1, 0.15) is 61.0 Å². The summed E-state index contributed by atoms with van der Waals surface area (Å²) >= 11 is 0. The number of aliphatic hydroxyl groups excluding tert-OH is 1. The number of hydrogen-bond acceptors (Lipinski definition) is 6. The summed E-state index contributed by atoms with van der Waals surface area (Å²) in [5.41, 5.74) is 4.04. The minimum absolute atomic E-state index is 0.130. The van der Waals surface area contributed by atoms with Gasteiger partial charge in [-0.05, 0) is 91.5 Å². The van der Waals surface area contributed by atoms with E-state index in [9.17, 15) is 14.7 Å². The highest BCUT2D eigenvalue weighted by Crippen LogP contribution is 2.39. The summed E-state index contributed by atoms with van der Waals surface area (Å²) in [6, 6.07) is 14.4. The van der Waals surface area contributed by atoms with Gasteiger partial charge in [-0.3, -0.25) is 14.5 Å². The summed E-state index contributed by atoms with van der Waals surface area (Å²) in [4.78, 5) is 28.9. The van der Waals surface area contributed by atoms with E-state index in [0.717, 1.165) is 63.2 Å². The second-order valence-corrected chi connectivity index (χ2v) is 12.5. The van der Waals surface area contributed by atoms with Crippen LogP contribution in [0.5, 0.6) is 5.75 Å². The number of nitrogens with zero attached hydrogens (tertiary/aromatic N) is 2. The number of anilines is 1. The third kappa shape index (κ3) is 8.10. The first-order valence-electron chi connectivity index (χ1n) is 16.2. The molecule has 5 rings (SSSR count). The van der Waals surface area contributed by atoms with Crippen molar-refractivity contribution in [2.45, 2.75) is 70.7 Å². The number of allylic oxidation sites excluding steroid dienone is 4. The molecule has 2 aliphatic carbocycles. The summed E-state index contributed by atoms with van der Waals surface area (Å²) in [6.07, 6.45) is 13.1. The zero-order valence-electron chi connectivity index (χ0n) is 26.4. The third-order valence-corrected chi connectivity index (χ3v) is 9.55. The maximum atomic E-state index is 13.0. The van der Waals surface area contributed by atoms with Crippen molar-refractivity contribution in [3.05, 3.63) is 83.5 Å². The Hall–Kier alpha value is -3.62. The Labute approximate surface area is 262 Å². The summed E-state index contributed by atoms with van der Waals surface area (Å²) < 4.78 is 5.46. The van der Waals surface area contributed by atoms with E-state index >= 15 is 0 Å². The molecule has 44 heavy (non-hydrogen) atoms. The molecule has 1 heterocycles. The first-order chi connectivity index (χ1) is 21.3. The number of hydrogen-bond donors (Lipinski definition) is 3. The highest BCUT2D eigenvalue weighted by atomic mass is 16.5. The zero-order chi connectivity index (χ0) is 31.1. The van der Waals surface area contributed by atoms with Gasteiger partial charge in [-0.25, -0.2) is 0 Å². The normalized spacial score (nSPS) is 22.1. The molecule has 3 unspecified atom stereocenters. The smallest absolute Gasteiger partial charge is 0.251 e. The molecule has 3 N–H and O–H groups in total. The lowest BCUT2D eigenvalue weighted by atomic mass is 9.92. The van der Waals surface area contributed by atoms with Crippen LogP contribution in [-0.4, -0.2) is 78.2 Å². The van der Waals surface area contributed by atoms with Crippen molar-refractivity contribution in [1.29, 1.82) is 0 Å². The Balaban J connectivity index is 1.16. The first kappa shape index (κ1) is 31.8. The van der Waals surface area contributed by atoms with Crippen LogP contribution in [0, 0.1) is 11.8 Å². The van der Waals surface area contributed by atoms with Crippen molar-refractivity contribution in [3.8, 4) is 5.75 Å². The Kier molecular flexibility index (Phi) is 10.8. The van der Waals surface area contributed by atoms with E-state index in [-0.39, 0.29) is 18.4 Å². The molecular weight excluding hydrogens is 552 g/mol. The second kappa shape index (κ2) is 14.9. The number of aryl methyl sites for hydroxylation is 1. The Morgan fingerprint density at radius 2 is 1.70 bits per heavy atom. The standard InChI is InChI=1S/C36H48N4O4/c1-4-26-21-35(44-3)14-11-30(26)23-40(33-19-28-7-5-6-8-29(28)20-33)24-34(42)22-37-36(43)27-9-12-31(13-10-27)38-32-15-17-39(18-16-32)25(2)41/h5-14,21,28-29,32-34,38,42H,4,15-20,22-24H2,1-3H3,(H,37,43). The summed E-state index contributed by atoms with van der Waals surface area (Å²) in [5, 5.41) is 17.6. The number of ether oxygens (including phenoxy) is 1. The number of likely N-dealkylation sites (tertiary alicyclic amines) is 1. The molecule has 0 radical (unpaired) electrons. The quantitative estimate of drug-likeness (QED) is 0.324. The van der Waals surface area contributed by atoms with Crippen LogP contribution >= 0.6 is 0 Å². The SMILES string of the molecule is CCc1cc(OC)ccc1CN(CC(O)CNC(=O)c1ccc(NC2CCN(C(C)=O)CC2)cc1)C1CC2C=CC=CC2C1. The predicted molar refractivity (Wildman–Crippen MR) is 175 cm³/mol. The highest BCUT2D eigenvalue weighted by molar-refractivity contribution is 5.94. The fraction of sp³-hybridized carbons (Fsp3) is 0.500. The second-order valence-electron chi connectivity index (χ2n) is 12.5. The van der Waals surface area contributed by atoms with Crippen LogP contribution in [0.4, 0.5) is 5.69 Å². The summed E-state index contributed by atoms with van der Waals surface area (Å²) in [6.45, 7) is 6.73. The summed E-state index contributed by atoms with van der Waals surface area (Å²) in [7, 11) is 1.69. The van der Waals surface area contributed by atoms with E-state index < -0.39 is 6.10 Å². The fourth-order valence-corrected chi connectivity index (χ4v) is 6.94. The van der Waals surface area contributed by atoms with Gasteiger partial charge >= 0.3 is 0 Å². The van der Waals surface area contributed by atoms with Gasteiger partial charge < -0.3 is 25.4 Å². The van der Waals surface area contributed by atoms with Crippen molar-refractivity contribution in [2.24, 2.45) is 11.8 Å². The van der Waals surface area contributed by atoms with E-state index in [1.54, 1.807) is 14.0 Å². The number of nitrogens with one attached hydrogen (secondary N) is 2. The topological polar surface area (TPSA) is 94.1 Å². The lowest BCUT2D eigenvalue weighted by Crippen LogP contribution is -2.43. The molecule has 236 valence electrons. The number of methoxy groups -OCH3 is 1. The molecule has 2 aromatic rings. The van der Waals surface area contributed by atoms with Gasteiger partial charge in [0.2, 0.25) is 5.91 Å². The van der Waals surface area contributed by atoms with Gasteiger partial charge in [0, 0.05) is 63.0 Å². The van der Waals surface area contributed by atoms with E-state index in [2.05, 4.69) is 58.9 Å². The zero-order valence-corrected chi connectivity index (χ0v) is 26.4. The molecule has 3 aliphatic rings. The van der Waals surface area contributed by atoms with Gasteiger partial charge in [-0.15, -0.1) is 0 Å². The van der Waals surface area contributed by atoms with Gasteiger partial charge in [0.15, 0.2) is 0 Å². The largest absolute Gasteiger partial charge is 0.497 e. The number of piperidine rings is 1. The molecule has 2 aromatic carbocycles. The van der Waals surface area contributed by atoms with Crippen LogP contribution in [0.3, 0.4) is 0 Å². The minimum Gasteiger partial charge on any atom is -0.497 e. The van der Waals surface area contributed by atoms with Gasteiger partial charge in [0.25, 0.3) is 5.91 Å². The monoisotopic (exact) mass is 600 g/mol. The van der Waals surface area contributed by atoms with E-state index in [0.29, 0.717) is 36.0 Å². The number of benzene rings is 2. The number of aliphatic hydroxyl groups is 1. The Bertz CT molecular complexity index is 1310. The minimum atomic E-state index is -0.696. The number of amides is 2. The van der Waals surface area contributed by atoms with Gasteiger partial charge in [-0.1, -0.05) is 37.3 Å². The maximum absolute atomic E-state index is 13.0. The Morgan fingerprint density at radius 1 is 1.02 bits per heavy atom. The Morgan fingerprint density at radius 3 is 2.32 bits per heavy atom. The van der Waals surface area contributed by atoms with Crippen molar-refractivity contribution in [1.82, 2.24) is 15.1 Å². The molecule has 3 atom stereocenters. The average molecular weight is 601 g/mol. The molecular formula is C36H48N4O4. The highest BCUT2D eigenvalue weighted by Gasteiger charge is 2.36. The van der Waals surface area contributed by atoms with Crippen LogP contribution in [0.15, 0.2) is 66.8 Å². The molecule has 1 saturated heterocycles. The van der Waals surface area contributed by atoms with E-state index in [1.807, 2.05) is 35.2 Å². The molecule has 0 bridgehead atoms. The van der Waals surface area contributed by atoms with Crippen molar-refractivity contribution < 1.29 is 19.4 Å². The molecule has 0 aromatic heterocycles. The van der Waals surface area contributed by atoms with Crippen LogP contribution in [0.25, 0.3) is 0 Å². The molecule has 8 nitrogen and oxygen atoms in total. The van der Waals surface area contributed by atoms with Crippen LogP contribution in [-0.2, 0) is 17.8 Å². The molecule has 8 heteroatoms. The van der Waals surface area contributed by atoms with Crippen molar-refractivity contribution >= 4 is 17.5 Å². The average Bonchev–Trinajstić information content (AvgIpc) is 3.48. The van der Waals surface area contributed by atoms with Crippen LogP contribution < -0.4 is 15.4 Å². The van der Waals surface area contributed by atoms with Crippen molar-refractivity contribution in [3.63, 3.8) is 0 Å². The number of fused-ring (bicyclic) bond motifs is 1. The molecule has 0 spiro atoms. The molecule has 1 saturated carbocycles. The lowest BCUT2D eigenvalue weighted by molar-refractivity contribution is -0.129. The van der Waals surface area contributed by atoms with Gasteiger partial charge in [0.05, 0.1) is 13.2 Å².